The summed E-state index contributed by atoms with van der Waals surface area (Å²) in [6.07, 6.45) is 4.18. The van der Waals surface area contributed by atoms with E-state index in [0.717, 1.165) is 25.7 Å². The molecule has 2 amide bonds. The Labute approximate surface area is 172 Å². The maximum atomic E-state index is 12.9. The van der Waals surface area contributed by atoms with Crippen LogP contribution in [-0.2, 0) is 19.6 Å². The maximum absolute atomic E-state index is 12.9. The zero-order chi connectivity index (χ0) is 20.9. The first-order valence-corrected chi connectivity index (χ1v) is 11.6. The van der Waals surface area contributed by atoms with Gasteiger partial charge in [0.25, 0.3) is 5.91 Å². The minimum Gasteiger partial charge on any atom is -0.383 e. The van der Waals surface area contributed by atoms with Crippen LogP contribution in [0.1, 0.15) is 36.0 Å². The highest BCUT2D eigenvalue weighted by Crippen LogP contribution is 2.27. The van der Waals surface area contributed by atoms with Crippen LogP contribution in [0, 0.1) is 5.92 Å². The zero-order valence-corrected chi connectivity index (χ0v) is 17.6. The minimum absolute atomic E-state index is 0.0505. The molecule has 1 aromatic rings. The lowest BCUT2D eigenvalue weighted by atomic mass is 10.1. The molecular formula is C20H29N3O5S. The van der Waals surface area contributed by atoms with E-state index in [2.05, 4.69) is 4.72 Å². The average Bonchev–Trinajstić information content (AvgIpc) is 3.28. The lowest BCUT2D eigenvalue weighted by molar-refractivity contribution is -0.136. The van der Waals surface area contributed by atoms with Crippen LogP contribution in [0.25, 0.3) is 0 Å². The number of benzene rings is 1. The number of nitrogens with zero attached hydrogens (tertiary/aromatic N) is 2. The lowest BCUT2D eigenvalue weighted by Crippen LogP contribution is -2.51. The van der Waals surface area contributed by atoms with Gasteiger partial charge in [-0.05, 0) is 31.0 Å². The van der Waals surface area contributed by atoms with E-state index >= 15 is 0 Å². The molecule has 2 fully saturated rings. The van der Waals surface area contributed by atoms with Crippen LogP contribution in [0.2, 0.25) is 0 Å². The van der Waals surface area contributed by atoms with Gasteiger partial charge in [-0.3, -0.25) is 9.59 Å². The van der Waals surface area contributed by atoms with E-state index in [4.69, 9.17) is 4.74 Å². The second kappa shape index (κ2) is 9.69. The van der Waals surface area contributed by atoms with E-state index in [-0.39, 0.29) is 35.8 Å². The fraction of sp³-hybridized carbons (Fsp3) is 0.600. The van der Waals surface area contributed by atoms with Crippen molar-refractivity contribution in [2.45, 2.75) is 30.6 Å². The number of hydrogen-bond acceptors (Lipinski definition) is 5. The van der Waals surface area contributed by atoms with Crippen molar-refractivity contribution in [2.24, 2.45) is 5.92 Å². The second-order valence-electron chi connectivity index (χ2n) is 7.52. The van der Waals surface area contributed by atoms with Crippen molar-refractivity contribution in [3.8, 4) is 0 Å². The predicted molar refractivity (Wildman–Crippen MR) is 108 cm³/mol. The average molecular weight is 424 g/mol. The molecular weight excluding hydrogens is 394 g/mol. The third kappa shape index (κ3) is 5.34. The van der Waals surface area contributed by atoms with Gasteiger partial charge in [0, 0.05) is 51.3 Å². The van der Waals surface area contributed by atoms with Gasteiger partial charge >= 0.3 is 0 Å². The number of amides is 2. The number of ether oxygens (including phenoxy) is 1. The van der Waals surface area contributed by atoms with Crippen LogP contribution in [-0.4, -0.2) is 76.5 Å². The van der Waals surface area contributed by atoms with Gasteiger partial charge in [-0.15, -0.1) is 0 Å². The highest BCUT2D eigenvalue weighted by atomic mass is 32.2. The van der Waals surface area contributed by atoms with Gasteiger partial charge in [0.2, 0.25) is 15.9 Å². The van der Waals surface area contributed by atoms with E-state index in [1.165, 1.54) is 19.2 Å². The summed E-state index contributed by atoms with van der Waals surface area (Å²) in [6.45, 7) is 2.39. The van der Waals surface area contributed by atoms with Crippen LogP contribution in [0.5, 0.6) is 0 Å². The summed E-state index contributed by atoms with van der Waals surface area (Å²) in [4.78, 5) is 29.0. The Kier molecular flexibility index (Phi) is 7.26. The molecule has 1 aliphatic heterocycles. The van der Waals surface area contributed by atoms with E-state index in [1.54, 1.807) is 17.0 Å². The van der Waals surface area contributed by atoms with Crippen LogP contribution in [0.15, 0.2) is 29.2 Å². The number of methoxy groups -OCH3 is 1. The Hall–Kier alpha value is -1.97. The van der Waals surface area contributed by atoms with Crippen LogP contribution in [0.4, 0.5) is 0 Å². The van der Waals surface area contributed by atoms with Crippen molar-refractivity contribution in [1.29, 1.82) is 0 Å². The Bertz CT molecular complexity index is 828. The molecule has 160 valence electrons. The standard InChI is InChI=1S/C20H29N3O5S/c1-28-14-9-21-29(26,27)18-8-4-7-17(15-18)20(25)23-12-10-22(11-13-23)19(24)16-5-2-3-6-16/h4,7-8,15-16,21H,2-3,5-6,9-14H2,1H3. The van der Waals surface area contributed by atoms with Gasteiger partial charge < -0.3 is 14.5 Å². The smallest absolute Gasteiger partial charge is 0.254 e. The van der Waals surface area contributed by atoms with Crippen molar-refractivity contribution >= 4 is 21.8 Å². The number of hydrogen-bond donors (Lipinski definition) is 1. The van der Waals surface area contributed by atoms with Crippen molar-refractivity contribution < 1.29 is 22.7 Å². The molecule has 1 N–H and O–H groups in total. The van der Waals surface area contributed by atoms with Crippen molar-refractivity contribution in [3.05, 3.63) is 29.8 Å². The van der Waals surface area contributed by atoms with Gasteiger partial charge in [0.15, 0.2) is 0 Å². The van der Waals surface area contributed by atoms with E-state index in [9.17, 15) is 18.0 Å². The van der Waals surface area contributed by atoms with Crippen molar-refractivity contribution in [2.75, 3.05) is 46.4 Å². The van der Waals surface area contributed by atoms with Gasteiger partial charge in [-0.1, -0.05) is 18.9 Å². The quantitative estimate of drug-likeness (QED) is 0.662. The number of carbonyl (C=O) groups is 2. The largest absolute Gasteiger partial charge is 0.383 e. The Balaban J connectivity index is 1.60. The highest BCUT2D eigenvalue weighted by Gasteiger charge is 2.31. The Morgan fingerprint density at radius 1 is 1.10 bits per heavy atom. The van der Waals surface area contributed by atoms with Crippen molar-refractivity contribution in [1.82, 2.24) is 14.5 Å². The highest BCUT2D eigenvalue weighted by molar-refractivity contribution is 7.89. The molecule has 1 aromatic carbocycles. The number of piperazine rings is 1. The van der Waals surface area contributed by atoms with Crippen LogP contribution < -0.4 is 4.72 Å². The molecule has 1 saturated carbocycles. The molecule has 1 heterocycles. The van der Waals surface area contributed by atoms with Crippen molar-refractivity contribution in [3.63, 3.8) is 0 Å². The summed E-state index contributed by atoms with van der Waals surface area (Å²) in [5.41, 5.74) is 0.329. The molecule has 0 radical (unpaired) electrons. The number of nitrogens with one attached hydrogen (secondary N) is 1. The molecule has 0 atom stereocenters. The minimum atomic E-state index is -3.70. The first-order valence-electron chi connectivity index (χ1n) is 10.1. The summed E-state index contributed by atoms with van der Waals surface area (Å²) >= 11 is 0. The Morgan fingerprint density at radius 3 is 2.41 bits per heavy atom. The monoisotopic (exact) mass is 423 g/mol. The molecule has 0 bridgehead atoms. The molecule has 2 aliphatic rings. The first-order chi connectivity index (χ1) is 13.9. The maximum Gasteiger partial charge on any atom is 0.254 e. The third-order valence-corrected chi connectivity index (χ3v) is 7.03. The SMILES string of the molecule is COCCNS(=O)(=O)c1cccc(C(=O)N2CCN(C(=O)C3CCCC3)CC2)c1. The third-order valence-electron chi connectivity index (χ3n) is 5.57. The van der Waals surface area contributed by atoms with Crippen LogP contribution >= 0.6 is 0 Å². The number of sulfonamides is 1. The molecule has 8 nitrogen and oxygen atoms in total. The second-order valence-corrected chi connectivity index (χ2v) is 9.28. The van der Waals surface area contributed by atoms with E-state index in [0.29, 0.717) is 31.7 Å². The van der Waals surface area contributed by atoms with E-state index < -0.39 is 10.0 Å². The lowest BCUT2D eigenvalue weighted by Gasteiger charge is -2.36. The summed E-state index contributed by atoms with van der Waals surface area (Å²) in [5.74, 6) is 0.140. The summed E-state index contributed by atoms with van der Waals surface area (Å²) in [6, 6.07) is 6.04. The van der Waals surface area contributed by atoms with E-state index in [1.807, 2.05) is 4.90 Å². The molecule has 0 unspecified atom stereocenters. The van der Waals surface area contributed by atoms with Gasteiger partial charge in [0.05, 0.1) is 11.5 Å². The molecule has 1 aliphatic carbocycles. The summed E-state index contributed by atoms with van der Waals surface area (Å²) in [7, 11) is -2.21. The molecule has 1 saturated heterocycles. The molecule has 0 aromatic heterocycles. The van der Waals surface area contributed by atoms with Gasteiger partial charge in [-0.25, -0.2) is 13.1 Å². The fourth-order valence-corrected chi connectivity index (χ4v) is 4.96. The number of rotatable bonds is 7. The Morgan fingerprint density at radius 2 is 1.76 bits per heavy atom. The molecule has 0 spiro atoms. The predicted octanol–water partition coefficient (Wildman–Crippen LogP) is 1.09. The van der Waals surface area contributed by atoms with Crippen LogP contribution in [0.3, 0.4) is 0 Å². The molecule has 3 rings (SSSR count). The molecule has 29 heavy (non-hydrogen) atoms. The fourth-order valence-electron chi connectivity index (χ4n) is 3.90. The summed E-state index contributed by atoms with van der Waals surface area (Å²) in [5, 5.41) is 0. The van der Waals surface area contributed by atoms with Gasteiger partial charge in [0.1, 0.15) is 0 Å². The summed E-state index contributed by atoms with van der Waals surface area (Å²) < 4.78 is 32.0. The normalized spacial score (nSPS) is 18.2. The van der Waals surface area contributed by atoms with Gasteiger partial charge in [-0.2, -0.15) is 0 Å². The molecule has 9 heteroatoms. The first kappa shape index (κ1) is 21.7. The number of carbonyl (C=O) groups excluding carboxylic acids is 2. The topological polar surface area (TPSA) is 96.0 Å². The zero-order valence-electron chi connectivity index (χ0n) is 16.8.